The Morgan fingerprint density at radius 3 is 2.83 bits per heavy atom. The Labute approximate surface area is 143 Å². The third-order valence-electron chi connectivity index (χ3n) is 4.10. The number of methoxy groups -OCH3 is 1. The number of amides is 1. The first-order valence-electron chi connectivity index (χ1n) is 7.98. The third kappa shape index (κ3) is 5.36. The summed E-state index contributed by atoms with van der Waals surface area (Å²) in [6, 6.07) is 5.18. The number of carbonyl (C=O) groups is 1. The van der Waals surface area contributed by atoms with Gasteiger partial charge in [-0.1, -0.05) is 13.0 Å². The van der Waals surface area contributed by atoms with Crippen LogP contribution in [0, 0.1) is 5.82 Å². The molecule has 0 aromatic heterocycles. The zero-order valence-corrected chi connectivity index (χ0v) is 14.6. The van der Waals surface area contributed by atoms with Crippen molar-refractivity contribution in [1.82, 2.24) is 10.2 Å². The summed E-state index contributed by atoms with van der Waals surface area (Å²) in [6.45, 7) is 4.73. The molecular weight excluding hydrogens is 319 g/mol. The molecule has 0 radical (unpaired) electrons. The molecule has 0 spiro atoms. The zero-order chi connectivity index (χ0) is 15.9. The van der Waals surface area contributed by atoms with Gasteiger partial charge in [0.1, 0.15) is 0 Å². The highest BCUT2D eigenvalue weighted by Gasteiger charge is 2.25. The van der Waals surface area contributed by atoms with Crippen LogP contribution in [0.5, 0.6) is 5.75 Å². The Hall–Kier alpha value is -1.33. The molecule has 1 saturated heterocycles. The van der Waals surface area contributed by atoms with E-state index in [1.54, 1.807) is 6.07 Å². The minimum Gasteiger partial charge on any atom is -0.494 e. The molecule has 1 heterocycles. The molecule has 1 aromatic carbocycles. The summed E-state index contributed by atoms with van der Waals surface area (Å²) in [4.78, 5) is 14.5. The van der Waals surface area contributed by atoms with Crippen LogP contribution in [0.1, 0.15) is 31.7 Å². The van der Waals surface area contributed by atoms with Crippen LogP contribution in [-0.2, 0) is 11.2 Å². The smallest absolute Gasteiger partial charge is 0.223 e. The van der Waals surface area contributed by atoms with Crippen LogP contribution >= 0.6 is 12.4 Å². The van der Waals surface area contributed by atoms with Crippen molar-refractivity contribution in [1.29, 1.82) is 0 Å². The van der Waals surface area contributed by atoms with Crippen LogP contribution in [0.25, 0.3) is 0 Å². The topological polar surface area (TPSA) is 41.6 Å². The average Bonchev–Trinajstić information content (AvgIpc) is 3.04. The minimum atomic E-state index is -0.377. The summed E-state index contributed by atoms with van der Waals surface area (Å²) in [5.41, 5.74) is 0.827. The Kier molecular flexibility index (Phi) is 8.34. The van der Waals surface area contributed by atoms with Gasteiger partial charge in [-0.05, 0) is 43.5 Å². The van der Waals surface area contributed by atoms with Gasteiger partial charge in [-0.3, -0.25) is 4.79 Å². The van der Waals surface area contributed by atoms with Crippen molar-refractivity contribution >= 4 is 18.3 Å². The molecule has 130 valence electrons. The van der Waals surface area contributed by atoms with Gasteiger partial charge in [0.05, 0.1) is 7.11 Å². The molecular formula is C17H26ClFN2O2. The number of nitrogens with zero attached hydrogens (tertiary/aromatic N) is 1. The fraction of sp³-hybridized carbons (Fsp3) is 0.588. The summed E-state index contributed by atoms with van der Waals surface area (Å²) in [6.07, 6.45) is 2.95. The fourth-order valence-electron chi connectivity index (χ4n) is 2.92. The Morgan fingerprint density at radius 2 is 2.26 bits per heavy atom. The molecule has 1 atom stereocenters. The summed E-state index contributed by atoms with van der Waals surface area (Å²) < 4.78 is 18.6. The molecule has 1 fully saturated rings. The lowest BCUT2D eigenvalue weighted by Gasteiger charge is -2.28. The highest BCUT2D eigenvalue weighted by molar-refractivity contribution is 5.85. The summed E-state index contributed by atoms with van der Waals surface area (Å²) in [7, 11) is 1.44. The molecule has 1 aliphatic heterocycles. The lowest BCUT2D eigenvalue weighted by atomic mass is 10.1. The molecule has 1 amide bonds. The van der Waals surface area contributed by atoms with Crippen LogP contribution in [-0.4, -0.2) is 43.6 Å². The van der Waals surface area contributed by atoms with Crippen LogP contribution in [0.3, 0.4) is 0 Å². The number of benzene rings is 1. The van der Waals surface area contributed by atoms with Crippen molar-refractivity contribution in [2.24, 2.45) is 0 Å². The van der Waals surface area contributed by atoms with Gasteiger partial charge in [-0.2, -0.15) is 0 Å². The van der Waals surface area contributed by atoms with Gasteiger partial charge in [-0.25, -0.2) is 4.39 Å². The maximum Gasteiger partial charge on any atom is 0.223 e. The molecule has 4 nitrogen and oxygen atoms in total. The molecule has 0 saturated carbocycles. The lowest BCUT2D eigenvalue weighted by molar-refractivity contribution is -0.133. The molecule has 0 bridgehead atoms. The quantitative estimate of drug-likeness (QED) is 0.827. The molecule has 1 aliphatic rings. The number of rotatable bonds is 7. The standard InChI is InChI=1S/C17H25FN2O2.ClH/c1-3-10-20(14-8-9-19-12-14)17(21)7-5-13-4-6-16(22-2)15(18)11-13;/h4,6,11,14,19H,3,5,7-10,12H2,1-2H3;1H. The first-order valence-corrected chi connectivity index (χ1v) is 7.98. The van der Waals surface area contributed by atoms with E-state index in [-0.39, 0.29) is 29.9 Å². The second kappa shape index (κ2) is 9.73. The SMILES string of the molecule is CCCN(C(=O)CCc1ccc(OC)c(F)c1)C1CCNC1.Cl. The average molecular weight is 345 g/mol. The summed E-state index contributed by atoms with van der Waals surface area (Å²) in [5.74, 6) is 0.0179. The second-order valence-electron chi connectivity index (χ2n) is 5.70. The molecule has 6 heteroatoms. The number of nitrogens with one attached hydrogen (secondary N) is 1. The lowest BCUT2D eigenvalue weighted by Crippen LogP contribution is -2.42. The first kappa shape index (κ1) is 19.7. The van der Waals surface area contributed by atoms with E-state index in [9.17, 15) is 9.18 Å². The highest BCUT2D eigenvalue weighted by Crippen LogP contribution is 2.19. The van der Waals surface area contributed by atoms with E-state index in [0.29, 0.717) is 18.9 Å². The minimum absolute atomic E-state index is 0. The van der Waals surface area contributed by atoms with Gasteiger partial charge < -0.3 is 15.0 Å². The second-order valence-corrected chi connectivity index (χ2v) is 5.70. The van der Waals surface area contributed by atoms with Crippen LogP contribution < -0.4 is 10.1 Å². The zero-order valence-electron chi connectivity index (χ0n) is 13.8. The van der Waals surface area contributed by atoms with Gasteiger partial charge in [-0.15, -0.1) is 12.4 Å². The van der Waals surface area contributed by atoms with Crippen molar-refractivity contribution in [2.75, 3.05) is 26.7 Å². The summed E-state index contributed by atoms with van der Waals surface area (Å²) >= 11 is 0. The number of aryl methyl sites for hydroxylation is 1. The van der Waals surface area contributed by atoms with Crippen molar-refractivity contribution in [3.63, 3.8) is 0 Å². The maximum atomic E-state index is 13.7. The number of hydrogen-bond donors (Lipinski definition) is 1. The van der Waals surface area contributed by atoms with Crippen molar-refractivity contribution < 1.29 is 13.9 Å². The number of ether oxygens (including phenoxy) is 1. The van der Waals surface area contributed by atoms with E-state index in [4.69, 9.17) is 4.74 Å². The van der Waals surface area contributed by atoms with Gasteiger partial charge in [0.2, 0.25) is 5.91 Å². The molecule has 1 N–H and O–H groups in total. The van der Waals surface area contributed by atoms with Gasteiger partial charge >= 0.3 is 0 Å². The normalized spacial score (nSPS) is 16.7. The van der Waals surface area contributed by atoms with Gasteiger partial charge in [0.15, 0.2) is 11.6 Å². The van der Waals surface area contributed by atoms with Crippen molar-refractivity contribution in [3.8, 4) is 5.75 Å². The van der Waals surface area contributed by atoms with Crippen LogP contribution in [0.4, 0.5) is 4.39 Å². The predicted molar refractivity (Wildman–Crippen MR) is 91.8 cm³/mol. The maximum absolute atomic E-state index is 13.7. The largest absolute Gasteiger partial charge is 0.494 e. The van der Waals surface area contributed by atoms with E-state index in [1.807, 2.05) is 11.0 Å². The van der Waals surface area contributed by atoms with E-state index in [2.05, 4.69) is 12.2 Å². The van der Waals surface area contributed by atoms with Crippen molar-refractivity contribution in [3.05, 3.63) is 29.6 Å². The predicted octanol–water partition coefficient (Wildman–Crippen LogP) is 2.79. The van der Waals surface area contributed by atoms with E-state index >= 15 is 0 Å². The highest BCUT2D eigenvalue weighted by atomic mass is 35.5. The fourth-order valence-corrected chi connectivity index (χ4v) is 2.92. The molecule has 1 unspecified atom stereocenters. The van der Waals surface area contributed by atoms with Gasteiger partial charge in [0, 0.05) is 25.6 Å². The third-order valence-corrected chi connectivity index (χ3v) is 4.10. The Morgan fingerprint density at radius 1 is 1.48 bits per heavy atom. The number of hydrogen-bond acceptors (Lipinski definition) is 3. The first-order chi connectivity index (χ1) is 10.7. The van der Waals surface area contributed by atoms with E-state index < -0.39 is 0 Å². The molecule has 1 aromatic rings. The number of halogens is 2. The van der Waals surface area contributed by atoms with Crippen LogP contribution in [0.2, 0.25) is 0 Å². The Balaban J connectivity index is 0.00000264. The molecule has 0 aliphatic carbocycles. The van der Waals surface area contributed by atoms with E-state index in [0.717, 1.165) is 38.0 Å². The number of carbonyl (C=O) groups excluding carboxylic acids is 1. The van der Waals surface area contributed by atoms with Gasteiger partial charge in [0.25, 0.3) is 0 Å². The Bertz CT molecular complexity index is 507. The molecule has 23 heavy (non-hydrogen) atoms. The monoisotopic (exact) mass is 344 g/mol. The van der Waals surface area contributed by atoms with Crippen LogP contribution in [0.15, 0.2) is 18.2 Å². The molecule has 2 rings (SSSR count). The van der Waals surface area contributed by atoms with E-state index in [1.165, 1.54) is 13.2 Å². The summed E-state index contributed by atoms with van der Waals surface area (Å²) in [5, 5.41) is 3.30. The van der Waals surface area contributed by atoms with Crippen molar-refractivity contribution in [2.45, 2.75) is 38.6 Å².